The summed E-state index contributed by atoms with van der Waals surface area (Å²) in [6.45, 7) is 4.92. The van der Waals surface area contributed by atoms with Gasteiger partial charge in [0.15, 0.2) is 5.76 Å². The van der Waals surface area contributed by atoms with Gasteiger partial charge in [0, 0.05) is 50.2 Å². The summed E-state index contributed by atoms with van der Waals surface area (Å²) in [5.41, 5.74) is 1.97. The molecule has 182 valence electrons. The third-order valence-corrected chi connectivity index (χ3v) is 6.90. The first-order valence-corrected chi connectivity index (χ1v) is 12.1. The standard InChI is InChI=1S/C25H27ClN6O3/c1-30-10-12-31(13-11-30)21-5-4-18(26)15-19(21)28-23(33)17-6-8-32(9-7-17)25-20(16-27)29-24(35-25)22-3-2-14-34-22/h2-5,14-15,17H,6-13H2,1H3,(H,28,33). The van der Waals surface area contributed by atoms with Crippen molar-refractivity contribution in [2.45, 2.75) is 12.8 Å². The van der Waals surface area contributed by atoms with Gasteiger partial charge in [-0.25, -0.2) is 0 Å². The quantitative estimate of drug-likeness (QED) is 0.566. The summed E-state index contributed by atoms with van der Waals surface area (Å²) in [6, 6.07) is 11.2. The minimum atomic E-state index is -0.149. The molecule has 0 spiro atoms. The first kappa shape index (κ1) is 23.3. The first-order valence-electron chi connectivity index (χ1n) is 11.8. The minimum Gasteiger partial charge on any atom is -0.459 e. The maximum absolute atomic E-state index is 13.2. The van der Waals surface area contributed by atoms with E-state index in [1.165, 1.54) is 6.26 Å². The van der Waals surface area contributed by atoms with Crippen LogP contribution in [0.2, 0.25) is 5.02 Å². The van der Waals surface area contributed by atoms with E-state index in [4.69, 9.17) is 20.4 Å². The number of halogens is 1. The SMILES string of the molecule is CN1CCN(c2ccc(Cl)cc2NC(=O)C2CCN(c3oc(-c4ccco4)nc3C#N)CC2)CC1. The fraction of sp³-hybridized carbons (Fsp3) is 0.400. The maximum atomic E-state index is 13.2. The lowest BCUT2D eigenvalue weighted by molar-refractivity contribution is -0.120. The number of carbonyl (C=O) groups is 1. The van der Waals surface area contributed by atoms with Gasteiger partial charge in [0.05, 0.1) is 17.6 Å². The van der Waals surface area contributed by atoms with E-state index < -0.39 is 0 Å². The van der Waals surface area contributed by atoms with Crippen LogP contribution in [0.1, 0.15) is 18.5 Å². The average Bonchev–Trinajstić information content (AvgIpc) is 3.55. The second kappa shape index (κ2) is 10.0. The van der Waals surface area contributed by atoms with Crippen molar-refractivity contribution < 1.29 is 13.6 Å². The molecule has 3 aromatic rings. The van der Waals surface area contributed by atoms with Crippen LogP contribution in [0.4, 0.5) is 17.3 Å². The van der Waals surface area contributed by atoms with E-state index in [0.717, 1.165) is 37.6 Å². The van der Waals surface area contributed by atoms with Crippen LogP contribution in [-0.4, -0.2) is 62.1 Å². The number of oxazole rings is 1. The number of likely N-dealkylation sites (N-methyl/N-ethyl adjacent to an activating group) is 1. The lowest BCUT2D eigenvalue weighted by Crippen LogP contribution is -2.45. The van der Waals surface area contributed by atoms with Crippen molar-refractivity contribution in [1.82, 2.24) is 9.88 Å². The van der Waals surface area contributed by atoms with E-state index in [1.54, 1.807) is 12.1 Å². The highest BCUT2D eigenvalue weighted by Gasteiger charge is 2.30. The van der Waals surface area contributed by atoms with Gasteiger partial charge < -0.3 is 28.9 Å². The second-order valence-electron chi connectivity index (χ2n) is 8.96. The summed E-state index contributed by atoms with van der Waals surface area (Å²) in [7, 11) is 2.12. The molecule has 2 aliphatic rings. The number of hydrogen-bond donors (Lipinski definition) is 1. The third-order valence-electron chi connectivity index (χ3n) is 6.66. The number of carbonyl (C=O) groups excluding carboxylic acids is 1. The van der Waals surface area contributed by atoms with Crippen LogP contribution < -0.4 is 15.1 Å². The van der Waals surface area contributed by atoms with Crippen LogP contribution in [0.25, 0.3) is 11.7 Å². The zero-order chi connectivity index (χ0) is 24.4. The monoisotopic (exact) mass is 494 g/mol. The van der Waals surface area contributed by atoms with Gasteiger partial charge in [-0.15, -0.1) is 0 Å². The summed E-state index contributed by atoms with van der Waals surface area (Å²) >= 11 is 6.27. The number of aromatic nitrogens is 1. The Bertz CT molecular complexity index is 1220. The Labute approximate surface area is 208 Å². The molecule has 4 heterocycles. The van der Waals surface area contributed by atoms with Crippen LogP contribution in [0, 0.1) is 17.2 Å². The molecule has 2 aromatic heterocycles. The van der Waals surface area contributed by atoms with E-state index >= 15 is 0 Å². The van der Waals surface area contributed by atoms with Crippen LogP contribution in [0.15, 0.2) is 45.4 Å². The Kier molecular flexibility index (Phi) is 6.66. The molecule has 0 unspecified atom stereocenters. The summed E-state index contributed by atoms with van der Waals surface area (Å²) in [5, 5.41) is 13.2. The molecule has 0 radical (unpaired) electrons. The van der Waals surface area contributed by atoms with Gasteiger partial charge in [0.2, 0.25) is 17.5 Å². The zero-order valence-electron chi connectivity index (χ0n) is 19.5. The number of hydrogen-bond acceptors (Lipinski definition) is 8. The van der Waals surface area contributed by atoms with E-state index in [0.29, 0.717) is 42.6 Å². The molecule has 0 saturated carbocycles. The molecule has 0 bridgehead atoms. The Hall–Kier alpha value is -3.48. The molecule has 35 heavy (non-hydrogen) atoms. The largest absolute Gasteiger partial charge is 0.459 e. The fourth-order valence-electron chi connectivity index (χ4n) is 4.62. The number of benzene rings is 1. The van der Waals surface area contributed by atoms with Crippen LogP contribution in [0.3, 0.4) is 0 Å². The molecule has 2 aliphatic heterocycles. The van der Waals surface area contributed by atoms with Crippen LogP contribution >= 0.6 is 11.6 Å². The van der Waals surface area contributed by atoms with Gasteiger partial charge in [0.25, 0.3) is 5.89 Å². The Morgan fingerprint density at radius 3 is 2.60 bits per heavy atom. The van der Waals surface area contributed by atoms with Gasteiger partial charge in [-0.05, 0) is 50.2 Å². The third kappa shape index (κ3) is 4.99. The summed E-state index contributed by atoms with van der Waals surface area (Å²) < 4.78 is 11.2. The number of piperidine rings is 1. The van der Waals surface area contributed by atoms with Gasteiger partial charge in [-0.3, -0.25) is 4.79 Å². The number of anilines is 3. The summed E-state index contributed by atoms with van der Waals surface area (Å²) in [5.74, 6) is 1.00. The van der Waals surface area contributed by atoms with Crippen molar-refractivity contribution in [2.24, 2.45) is 5.92 Å². The second-order valence-corrected chi connectivity index (χ2v) is 9.40. The number of furan rings is 1. The molecule has 10 heteroatoms. The Morgan fingerprint density at radius 2 is 1.91 bits per heavy atom. The molecule has 2 saturated heterocycles. The van der Waals surface area contributed by atoms with Gasteiger partial charge in [-0.2, -0.15) is 10.2 Å². The number of rotatable bonds is 5. The predicted octanol–water partition coefficient (Wildman–Crippen LogP) is 4.07. The van der Waals surface area contributed by atoms with E-state index in [1.807, 2.05) is 23.1 Å². The predicted molar refractivity (Wildman–Crippen MR) is 134 cm³/mol. The average molecular weight is 495 g/mol. The summed E-state index contributed by atoms with van der Waals surface area (Å²) in [6.07, 6.45) is 2.81. The number of nitrogens with zero attached hydrogens (tertiary/aromatic N) is 5. The van der Waals surface area contributed by atoms with Gasteiger partial charge >= 0.3 is 0 Å². The number of piperazine rings is 1. The molecule has 0 atom stereocenters. The van der Waals surface area contributed by atoms with Gasteiger partial charge in [-0.1, -0.05) is 11.6 Å². The highest BCUT2D eigenvalue weighted by molar-refractivity contribution is 6.31. The van der Waals surface area contributed by atoms with Crippen molar-refractivity contribution in [1.29, 1.82) is 5.26 Å². The highest BCUT2D eigenvalue weighted by atomic mass is 35.5. The molecule has 9 nitrogen and oxygen atoms in total. The van der Waals surface area contributed by atoms with Crippen molar-refractivity contribution in [3.63, 3.8) is 0 Å². The van der Waals surface area contributed by atoms with Crippen molar-refractivity contribution >= 4 is 34.8 Å². The van der Waals surface area contributed by atoms with Gasteiger partial charge in [0.1, 0.15) is 6.07 Å². The molecule has 1 aromatic carbocycles. The van der Waals surface area contributed by atoms with E-state index in [2.05, 4.69) is 33.2 Å². The number of nitrogens with one attached hydrogen (secondary N) is 1. The lowest BCUT2D eigenvalue weighted by Gasteiger charge is -2.35. The Morgan fingerprint density at radius 1 is 1.14 bits per heavy atom. The fourth-order valence-corrected chi connectivity index (χ4v) is 4.79. The minimum absolute atomic E-state index is 0.0170. The normalized spacial score (nSPS) is 17.4. The summed E-state index contributed by atoms with van der Waals surface area (Å²) in [4.78, 5) is 24.0. The molecule has 5 rings (SSSR count). The van der Waals surface area contributed by atoms with Crippen LogP contribution in [-0.2, 0) is 4.79 Å². The van der Waals surface area contributed by atoms with E-state index in [9.17, 15) is 10.1 Å². The lowest BCUT2D eigenvalue weighted by atomic mass is 9.95. The molecular weight excluding hydrogens is 468 g/mol. The van der Waals surface area contributed by atoms with Crippen LogP contribution in [0.5, 0.6) is 0 Å². The molecule has 1 N–H and O–H groups in total. The molecule has 2 fully saturated rings. The van der Waals surface area contributed by atoms with Crippen molar-refractivity contribution in [2.75, 3.05) is 61.4 Å². The topological polar surface area (TPSA) is 102 Å². The number of nitriles is 1. The zero-order valence-corrected chi connectivity index (χ0v) is 20.3. The molecular formula is C25H27ClN6O3. The van der Waals surface area contributed by atoms with Crippen molar-refractivity contribution in [3.8, 4) is 17.7 Å². The first-order chi connectivity index (χ1) is 17.0. The van der Waals surface area contributed by atoms with E-state index in [-0.39, 0.29) is 23.4 Å². The Balaban J connectivity index is 1.25. The smallest absolute Gasteiger partial charge is 0.266 e. The molecule has 0 aliphatic carbocycles. The maximum Gasteiger partial charge on any atom is 0.266 e. The highest BCUT2D eigenvalue weighted by Crippen LogP contribution is 2.33. The number of amides is 1. The van der Waals surface area contributed by atoms with Crippen molar-refractivity contribution in [3.05, 3.63) is 47.3 Å². The molecule has 1 amide bonds.